The van der Waals surface area contributed by atoms with E-state index in [4.69, 9.17) is 0 Å². The molecular formula is C10H12Co2N2O8-4. The van der Waals surface area contributed by atoms with Crippen molar-refractivity contribution < 1.29 is 73.2 Å². The molecule has 0 saturated carbocycles. The Morgan fingerprint density at radius 2 is 0.727 bits per heavy atom. The average molecular weight is 406 g/mol. The Bertz CT molecular complexity index is 325. The van der Waals surface area contributed by atoms with Gasteiger partial charge in [0, 0.05) is 72.8 Å². The fourth-order valence-electron chi connectivity index (χ4n) is 1.44. The van der Waals surface area contributed by atoms with Crippen molar-refractivity contribution in [1.82, 2.24) is 9.80 Å². The Morgan fingerprint density at radius 1 is 0.545 bits per heavy atom. The summed E-state index contributed by atoms with van der Waals surface area (Å²) in [5, 5.41) is 41.6. The van der Waals surface area contributed by atoms with E-state index in [1.165, 1.54) is 0 Å². The van der Waals surface area contributed by atoms with Gasteiger partial charge in [-0.05, 0) is 0 Å². The minimum atomic E-state index is -1.53. The van der Waals surface area contributed by atoms with Gasteiger partial charge in [0.2, 0.25) is 0 Å². The van der Waals surface area contributed by atoms with Crippen molar-refractivity contribution in [3.05, 3.63) is 0 Å². The molecular weight excluding hydrogens is 394 g/mol. The van der Waals surface area contributed by atoms with Gasteiger partial charge in [0.25, 0.3) is 0 Å². The number of hydrogen-bond acceptors (Lipinski definition) is 10. The molecule has 0 aromatic carbocycles. The zero-order chi connectivity index (χ0) is 15.7. The molecule has 0 atom stereocenters. The van der Waals surface area contributed by atoms with Crippen LogP contribution >= 0.6 is 0 Å². The molecule has 0 heterocycles. The van der Waals surface area contributed by atoms with Gasteiger partial charge in [0.05, 0.1) is 23.9 Å². The first-order valence-corrected chi connectivity index (χ1v) is 5.44. The van der Waals surface area contributed by atoms with Crippen LogP contribution in [-0.4, -0.2) is 72.9 Å². The molecule has 0 aliphatic carbocycles. The van der Waals surface area contributed by atoms with E-state index in [9.17, 15) is 39.6 Å². The Morgan fingerprint density at radius 3 is 0.864 bits per heavy atom. The number of aliphatic carboxylic acids is 4. The molecule has 2 radical (unpaired) electrons. The molecule has 0 saturated heterocycles. The quantitative estimate of drug-likeness (QED) is 0.322. The van der Waals surface area contributed by atoms with Crippen molar-refractivity contribution >= 4 is 23.9 Å². The summed E-state index contributed by atoms with van der Waals surface area (Å²) in [6, 6.07) is 0. The van der Waals surface area contributed by atoms with E-state index < -0.39 is 50.1 Å². The minimum absolute atomic E-state index is 0. The summed E-state index contributed by atoms with van der Waals surface area (Å²) in [5.74, 6) is -6.12. The maximum atomic E-state index is 10.4. The molecule has 0 aromatic rings. The van der Waals surface area contributed by atoms with Gasteiger partial charge in [0.1, 0.15) is 0 Å². The van der Waals surface area contributed by atoms with E-state index in [-0.39, 0.29) is 46.6 Å². The van der Waals surface area contributed by atoms with Crippen molar-refractivity contribution in [2.75, 3.05) is 39.3 Å². The zero-order valence-corrected chi connectivity index (χ0v) is 13.2. The summed E-state index contributed by atoms with van der Waals surface area (Å²) >= 11 is 0. The second-order valence-electron chi connectivity index (χ2n) is 3.91. The van der Waals surface area contributed by atoms with Gasteiger partial charge < -0.3 is 39.6 Å². The molecule has 0 aliphatic heterocycles. The van der Waals surface area contributed by atoms with Crippen LogP contribution in [0.2, 0.25) is 0 Å². The fraction of sp³-hybridized carbons (Fsp3) is 0.600. The number of carboxylic acids is 4. The number of nitrogens with zero attached hydrogens (tertiary/aromatic N) is 2. The predicted molar refractivity (Wildman–Crippen MR) is 52.9 cm³/mol. The summed E-state index contributed by atoms with van der Waals surface area (Å²) in [6.45, 7) is -3.25. The minimum Gasteiger partial charge on any atom is -0.549 e. The average Bonchev–Trinajstić information content (AvgIpc) is 2.22. The van der Waals surface area contributed by atoms with Crippen LogP contribution in [0.5, 0.6) is 0 Å². The third-order valence-corrected chi connectivity index (χ3v) is 2.14. The van der Waals surface area contributed by atoms with Crippen LogP contribution < -0.4 is 20.4 Å². The second kappa shape index (κ2) is 13.5. The van der Waals surface area contributed by atoms with Gasteiger partial charge in [-0.15, -0.1) is 0 Å². The first-order chi connectivity index (χ1) is 9.20. The van der Waals surface area contributed by atoms with Crippen LogP contribution in [0.3, 0.4) is 0 Å². The molecule has 22 heavy (non-hydrogen) atoms. The van der Waals surface area contributed by atoms with Crippen LogP contribution in [0.4, 0.5) is 0 Å². The van der Waals surface area contributed by atoms with Crippen molar-refractivity contribution in [1.29, 1.82) is 0 Å². The first kappa shape index (κ1) is 25.7. The van der Waals surface area contributed by atoms with Gasteiger partial charge >= 0.3 is 0 Å². The largest absolute Gasteiger partial charge is 0.549 e. The molecule has 0 fully saturated rings. The number of carboxylic acid groups (broad SMARTS) is 4. The molecule has 0 aliphatic rings. The Labute approximate surface area is 146 Å². The van der Waals surface area contributed by atoms with Crippen molar-refractivity contribution in [3.63, 3.8) is 0 Å². The predicted octanol–water partition coefficient (Wildman–Crippen LogP) is -7.42. The van der Waals surface area contributed by atoms with Gasteiger partial charge in [-0.3, -0.25) is 9.80 Å². The maximum Gasteiger partial charge on any atom is 0.0555 e. The summed E-state index contributed by atoms with van der Waals surface area (Å²) in [6.07, 6.45) is 0. The normalized spacial score (nSPS) is 9.73. The standard InChI is InChI=1S/C10H16N2O8.2Co/c13-7(14)3-11(4-8(15)16)1-2-12(5-9(17)18)6-10(19)20;;/h1-6H2,(H,13,14)(H,15,16)(H,17,18)(H,19,20);;/p-4. The van der Waals surface area contributed by atoms with E-state index in [0.29, 0.717) is 0 Å². The molecule has 0 spiro atoms. The number of carbonyl (C=O) groups is 4. The second-order valence-corrected chi connectivity index (χ2v) is 3.91. The van der Waals surface area contributed by atoms with Crippen LogP contribution in [0.25, 0.3) is 0 Å². The maximum absolute atomic E-state index is 10.4. The molecule has 0 N–H and O–H groups in total. The topological polar surface area (TPSA) is 167 Å². The number of carbonyl (C=O) groups excluding carboxylic acids is 4. The Balaban J connectivity index is -0.00000180. The fourth-order valence-corrected chi connectivity index (χ4v) is 1.44. The summed E-state index contributed by atoms with van der Waals surface area (Å²) in [5.41, 5.74) is 0. The van der Waals surface area contributed by atoms with Crippen molar-refractivity contribution in [2.24, 2.45) is 0 Å². The van der Waals surface area contributed by atoms with E-state index in [1.807, 2.05) is 0 Å². The third-order valence-electron chi connectivity index (χ3n) is 2.14. The summed E-state index contributed by atoms with van der Waals surface area (Å²) in [4.78, 5) is 43.4. The van der Waals surface area contributed by atoms with Crippen LogP contribution in [0.1, 0.15) is 0 Å². The smallest absolute Gasteiger partial charge is 0.0555 e. The summed E-state index contributed by atoms with van der Waals surface area (Å²) in [7, 11) is 0. The van der Waals surface area contributed by atoms with E-state index >= 15 is 0 Å². The van der Waals surface area contributed by atoms with Crippen LogP contribution in [0.15, 0.2) is 0 Å². The Kier molecular flexibility index (Phi) is 15.8. The molecule has 10 nitrogen and oxygen atoms in total. The van der Waals surface area contributed by atoms with Gasteiger partial charge in [0.15, 0.2) is 0 Å². The van der Waals surface area contributed by atoms with Crippen LogP contribution in [-0.2, 0) is 52.7 Å². The SMILES string of the molecule is O=C([O-])CN(CCN(CC(=O)[O-])CC(=O)[O-])CC(=O)[O-].[Co].[Co]. The van der Waals surface area contributed by atoms with Gasteiger partial charge in [-0.2, -0.15) is 0 Å². The van der Waals surface area contributed by atoms with Crippen molar-refractivity contribution in [3.8, 4) is 0 Å². The van der Waals surface area contributed by atoms with Gasteiger partial charge in [-0.25, -0.2) is 0 Å². The third kappa shape index (κ3) is 15.2. The van der Waals surface area contributed by atoms with Crippen LogP contribution in [0, 0.1) is 0 Å². The molecule has 0 amide bonds. The molecule has 0 aromatic heterocycles. The van der Waals surface area contributed by atoms with Gasteiger partial charge in [-0.1, -0.05) is 0 Å². The summed E-state index contributed by atoms with van der Waals surface area (Å²) < 4.78 is 0. The molecule has 0 unspecified atom stereocenters. The number of hydrogen-bond donors (Lipinski definition) is 0. The molecule has 0 bridgehead atoms. The zero-order valence-electron chi connectivity index (χ0n) is 11.1. The monoisotopic (exact) mass is 406 g/mol. The van der Waals surface area contributed by atoms with E-state index in [2.05, 4.69) is 0 Å². The molecule has 12 heteroatoms. The number of rotatable bonds is 11. The molecule has 0 rings (SSSR count). The van der Waals surface area contributed by atoms with E-state index in [0.717, 1.165) is 9.80 Å². The Hall–Kier alpha value is -1.19. The van der Waals surface area contributed by atoms with E-state index in [1.54, 1.807) is 0 Å². The molecule has 132 valence electrons. The first-order valence-electron chi connectivity index (χ1n) is 5.44. The van der Waals surface area contributed by atoms with Crippen molar-refractivity contribution in [2.45, 2.75) is 0 Å².